The van der Waals surface area contributed by atoms with Gasteiger partial charge in [-0.1, -0.05) is 6.07 Å². The van der Waals surface area contributed by atoms with E-state index in [0.717, 1.165) is 18.9 Å². The summed E-state index contributed by atoms with van der Waals surface area (Å²) in [6.07, 6.45) is 0. The highest BCUT2D eigenvalue weighted by molar-refractivity contribution is 5.41. The van der Waals surface area contributed by atoms with Crippen LogP contribution in [0.25, 0.3) is 0 Å². The van der Waals surface area contributed by atoms with Gasteiger partial charge in [-0.3, -0.25) is 0 Å². The fourth-order valence-electron chi connectivity index (χ4n) is 1.21. The van der Waals surface area contributed by atoms with Crippen molar-refractivity contribution in [3.8, 4) is 6.07 Å². The second-order valence-electron chi connectivity index (χ2n) is 2.67. The number of nitriles is 1. The van der Waals surface area contributed by atoms with E-state index in [0.29, 0.717) is 5.69 Å². The minimum Gasteiger partial charge on any atom is -0.357 e. The minimum atomic E-state index is 0.476. The largest absolute Gasteiger partial charge is 0.357 e. The molecule has 0 radical (unpaired) electrons. The van der Waals surface area contributed by atoms with Gasteiger partial charge in [-0.2, -0.15) is 5.26 Å². The first-order valence-corrected chi connectivity index (χ1v) is 4.44. The van der Waals surface area contributed by atoms with Crippen LogP contribution in [0.5, 0.6) is 0 Å². The quantitative estimate of drug-likeness (QED) is 0.703. The molecule has 3 heteroatoms. The molecule has 0 aliphatic heterocycles. The van der Waals surface area contributed by atoms with Gasteiger partial charge in [-0.15, -0.1) is 0 Å². The molecule has 0 amide bonds. The average Bonchev–Trinajstić information content (AvgIpc) is 2.20. The molecule has 0 atom stereocenters. The Balaban J connectivity index is 2.94. The van der Waals surface area contributed by atoms with Crippen molar-refractivity contribution in [2.45, 2.75) is 13.8 Å². The molecule has 0 unspecified atom stereocenters. The van der Waals surface area contributed by atoms with Gasteiger partial charge < -0.3 is 4.90 Å². The third-order valence-electron chi connectivity index (χ3n) is 1.94. The van der Waals surface area contributed by atoms with Crippen molar-refractivity contribution in [2.75, 3.05) is 18.0 Å². The Bertz CT molecular complexity index is 310. The zero-order valence-electron chi connectivity index (χ0n) is 7.99. The predicted molar refractivity (Wildman–Crippen MR) is 52.5 cm³/mol. The lowest BCUT2D eigenvalue weighted by atomic mass is 10.3. The van der Waals surface area contributed by atoms with Gasteiger partial charge in [0.15, 0.2) is 0 Å². The van der Waals surface area contributed by atoms with Gasteiger partial charge in [0, 0.05) is 13.1 Å². The van der Waals surface area contributed by atoms with E-state index in [1.54, 1.807) is 6.07 Å². The summed E-state index contributed by atoms with van der Waals surface area (Å²) >= 11 is 0. The molecular weight excluding hydrogens is 162 g/mol. The zero-order chi connectivity index (χ0) is 9.68. The van der Waals surface area contributed by atoms with Crippen LogP contribution in [-0.4, -0.2) is 18.1 Å². The lowest BCUT2D eigenvalue weighted by Crippen LogP contribution is -2.22. The number of hydrogen-bond acceptors (Lipinski definition) is 3. The number of nitrogens with zero attached hydrogens (tertiary/aromatic N) is 3. The minimum absolute atomic E-state index is 0.476. The molecule has 1 aromatic rings. The Morgan fingerprint density at radius 2 is 2.08 bits per heavy atom. The molecule has 68 valence electrons. The highest BCUT2D eigenvalue weighted by Crippen LogP contribution is 2.09. The smallest absolute Gasteiger partial charge is 0.142 e. The van der Waals surface area contributed by atoms with E-state index in [-0.39, 0.29) is 0 Å². The second-order valence-corrected chi connectivity index (χ2v) is 2.67. The van der Waals surface area contributed by atoms with E-state index < -0.39 is 0 Å². The van der Waals surface area contributed by atoms with Gasteiger partial charge in [0.05, 0.1) is 0 Å². The molecule has 0 aliphatic carbocycles. The summed E-state index contributed by atoms with van der Waals surface area (Å²) in [4.78, 5) is 6.31. The van der Waals surface area contributed by atoms with Gasteiger partial charge in [-0.05, 0) is 26.0 Å². The van der Waals surface area contributed by atoms with E-state index >= 15 is 0 Å². The van der Waals surface area contributed by atoms with Gasteiger partial charge in [0.2, 0.25) is 0 Å². The molecule has 0 fully saturated rings. The van der Waals surface area contributed by atoms with Gasteiger partial charge in [0.1, 0.15) is 17.6 Å². The van der Waals surface area contributed by atoms with E-state index in [9.17, 15) is 0 Å². The van der Waals surface area contributed by atoms with Crippen LogP contribution in [0.15, 0.2) is 18.2 Å². The van der Waals surface area contributed by atoms with Crippen molar-refractivity contribution in [1.82, 2.24) is 4.98 Å². The van der Waals surface area contributed by atoms with E-state index in [2.05, 4.69) is 23.7 Å². The molecule has 0 saturated heterocycles. The molecule has 0 saturated carbocycles. The van der Waals surface area contributed by atoms with Crippen molar-refractivity contribution in [1.29, 1.82) is 5.26 Å². The van der Waals surface area contributed by atoms with Crippen LogP contribution in [-0.2, 0) is 0 Å². The van der Waals surface area contributed by atoms with Crippen LogP contribution in [0.4, 0.5) is 5.82 Å². The number of hydrogen-bond donors (Lipinski definition) is 0. The molecule has 0 aromatic carbocycles. The van der Waals surface area contributed by atoms with Crippen LogP contribution >= 0.6 is 0 Å². The Labute approximate surface area is 78.6 Å². The summed E-state index contributed by atoms with van der Waals surface area (Å²) in [5.74, 6) is 0.879. The number of aromatic nitrogens is 1. The van der Waals surface area contributed by atoms with E-state index in [1.165, 1.54) is 0 Å². The van der Waals surface area contributed by atoms with Crippen molar-refractivity contribution in [2.24, 2.45) is 0 Å². The van der Waals surface area contributed by atoms with Gasteiger partial charge in [-0.25, -0.2) is 4.98 Å². The van der Waals surface area contributed by atoms with Crippen LogP contribution in [0.1, 0.15) is 19.5 Å². The maximum atomic E-state index is 8.66. The molecule has 1 aromatic heterocycles. The van der Waals surface area contributed by atoms with Crippen molar-refractivity contribution >= 4 is 5.82 Å². The summed E-state index contributed by atoms with van der Waals surface area (Å²) in [7, 11) is 0. The molecule has 3 nitrogen and oxygen atoms in total. The molecule has 13 heavy (non-hydrogen) atoms. The molecule has 0 N–H and O–H groups in total. The number of rotatable bonds is 3. The molecule has 0 spiro atoms. The summed E-state index contributed by atoms with van der Waals surface area (Å²) < 4.78 is 0. The summed E-state index contributed by atoms with van der Waals surface area (Å²) in [5.41, 5.74) is 0.476. The zero-order valence-corrected chi connectivity index (χ0v) is 7.99. The molecular formula is C10H13N3. The van der Waals surface area contributed by atoms with Crippen molar-refractivity contribution in [3.63, 3.8) is 0 Å². The Morgan fingerprint density at radius 1 is 1.38 bits per heavy atom. The number of anilines is 1. The van der Waals surface area contributed by atoms with Crippen LogP contribution in [0.3, 0.4) is 0 Å². The lowest BCUT2D eigenvalue weighted by Gasteiger charge is -2.19. The molecule has 0 aliphatic rings. The SMILES string of the molecule is CCN(CC)c1cccc(C#N)n1. The topological polar surface area (TPSA) is 39.9 Å². The highest BCUT2D eigenvalue weighted by atomic mass is 15.2. The van der Waals surface area contributed by atoms with Crippen molar-refractivity contribution < 1.29 is 0 Å². The van der Waals surface area contributed by atoms with Gasteiger partial charge in [0.25, 0.3) is 0 Å². The molecule has 1 heterocycles. The Hall–Kier alpha value is -1.56. The monoisotopic (exact) mass is 175 g/mol. The highest BCUT2D eigenvalue weighted by Gasteiger charge is 2.02. The van der Waals surface area contributed by atoms with Gasteiger partial charge >= 0.3 is 0 Å². The average molecular weight is 175 g/mol. The van der Waals surface area contributed by atoms with Crippen LogP contribution in [0.2, 0.25) is 0 Å². The molecule has 1 rings (SSSR count). The second kappa shape index (κ2) is 4.46. The number of pyridine rings is 1. The maximum absolute atomic E-state index is 8.66. The van der Waals surface area contributed by atoms with Crippen LogP contribution in [0, 0.1) is 11.3 Å². The van der Waals surface area contributed by atoms with E-state index in [1.807, 2.05) is 18.2 Å². The lowest BCUT2D eigenvalue weighted by molar-refractivity contribution is 0.845. The molecule has 0 bridgehead atoms. The first kappa shape index (κ1) is 9.53. The third-order valence-corrected chi connectivity index (χ3v) is 1.94. The van der Waals surface area contributed by atoms with E-state index in [4.69, 9.17) is 5.26 Å². The fourth-order valence-corrected chi connectivity index (χ4v) is 1.21. The maximum Gasteiger partial charge on any atom is 0.142 e. The Morgan fingerprint density at radius 3 is 2.62 bits per heavy atom. The van der Waals surface area contributed by atoms with Crippen molar-refractivity contribution in [3.05, 3.63) is 23.9 Å². The summed E-state index contributed by atoms with van der Waals surface area (Å²) in [6, 6.07) is 7.53. The first-order chi connectivity index (χ1) is 6.31. The normalized spacial score (nSPS) is 9.31. The summed E-state index contributed by atoms with van der Waals surface area (Å²) in [5, 5.41) is 8.66. The first-order valence-electron chi connectivity index (χ1n) is 4.44. The fraction of sp³-hybridized carbons (Fsp3) is 0.400. The Kier molecular flexibility index (Phi) is 3.27. The third kappa shape index (κ3) is 2.19. The standard InChI is InChI=1S/C10H13N3/c1-3-13(4-2)10-7-5-6-9(8-11)12-10/h5-7H,3-4H2,1-2H3. The predicted octanol–water partition coefficient (Wildman–Crippen LogP) is 1.80. The summed E-state index contributed by atoms with van der Waals surface area (Å²) in [6.45, 7) is 5.98. The van der Waals surface area contributed by atoms with Crippen LogP contribution < -0.4 is 4.90 Å².